The zero-order chi connectivity index (χ0) is 14.0. The quantitative estimate of drug-likeness (QED) is 0.559. The van der Waals surface area contributed by atoms with Crippen LogP contribution >= 0.6 is 23.8 Å². The number of rotatable bonds is 2. The van der Waals surface area contributed by atoms with E-state index in [9.17, 15) is 13.5 Å². The van der Waals surface area contributed by atoms with E-state index in [1.165, 1.54) is 6.07 Å². The summed E-state index contributed by atoms with van der Waals surface area (Å²) in [6, 6.07) is 6.06. The summed E-state index contributed by atoms with van der Waals surface area (Å²) in [4.78, 5) is 0. The second kappa shape index (κ2) is 5.52. The van der Waals surface area contributed by atoms with Crippen molar-refractivity contribution in [2.45, 2.75) is 11.4 Å². The van der Waals surface area contributed by atoms with Crippen LogP contribution in [-0.2, 0) is 9.84 Å². The van der Waals surface area contributed by atoms with Gasteiger partial charge in [0.1, 0.15) is 5.75 Å². The second-order valence-electron chi connectivity index (χ2n) is 4.35. The Kier molecular flexibility index (Phi) is 4.17. The number of aromatic hydroxyl groups is 1. The first kappa shape index (κ1) is 14.4. The van der Waals surface area contributed by atoms with E-state index >= 15 is 0 Å². The number of nitrogens with one attached hydrogen (secondary N) is 2. The van der Waals surface area contributed by atoms with Gasteiger partial charge >= 0.3 is 0 Å². The standard InChI is InChI=1S/C11H13ClN2O3S2/c12-9-5-19(16,17)6-10(9)14-11(18)13-7-2-1-3-8(15)4-7/h1-4,9-10,15H,5-6H2,(H2,13,14,18)/t9-,10+/m0/s1. The van der Waals surface area contributed by atoms with Gasteiger partial charge in [-0.05, 0) is 24.4 Å². The molecule has 1 aliphatic rings. The van der Waals surface area contributed by atoms with E-state index in [2.05, 4.69) is 10.6 Å². The van der Waals surface area contributed by atoms with E-state index < -0.39 is 21.3 Å². The summed E-state index contributed by atoms with van der Waals surface area (Å²) >= 11 is 11.1. The summed E-state index contributed by atoms with van der Waals surface area (Å²) in [5.74, 6) is 0.0516. The van der Waals surface area contributed by atoms with Crippen LogP contribution in [0.1, 0.15) is 0 Å². The number of thiocarbonyl (C=S) groups is 1. The molecule has 3 N–H and O–H groups in total. The number of benzene rings is 1. The van der Waals surface area contributed by atoms with E-state index in [1.54, 1.807) is 18.2 Å². The third-order valence-corrected chi connectivity index (χ3v) is 5.30. The Hall–Kier alpha value is -1.05. The molecule has 0 amide bonds. The van der Waals surface area contributed by atoms with E-state index in [-0.39, 0.29) is 22.4 Å². The van der Waals surface area contributed by atoms with Crippen LogP contribution in [0.4, 0.5) is 5.69 Å². The molecule has 0 bridgehead atoms. The maximum Gasteiger partial charge on any atom is 0.171 e. The first-order chi connectivity index (χ1) is 8.85. The smallest absolute Gasteiger partial charge is 0.171 e. The highest BCUT2D eigenvalue weighted by atomic mass is 35.5. The first-order valence-corrected chi connectivity index (χ1v) is 8.23. The molecule has 1 aliphatic heterocycles. The van der Waals surface area contributed by atoms with Crippen molar-refractivity contribution in [3.8, 4) is 5.75 Å². The molecule has 0 radical (unpaired) electrons. The van der Waals surface area contributed by atoms with Gasteiger partial charge in [0.2, 0.25) is 0 Å². The van der Waals surface area contributed by atoms with Gasteiger partial charge in [0.15, 0.2) is 14.9 Å². The number of halogens is 1. The fourth-order valence-corrected chi connectivity index (χ4v) is 4.68. The Morgan fingerprint density at radius 1 is 1.42 bits per heavy atom. The number of anilines is 1. The van der Waals surface area contributed by atoms with Crippen LogP contribution in [0.2, 0.25) is 0 Å². The molecule has 1 aromatic carbocycles. The molecule has 1 fully saturated rings. The molecule has 5 nitrogen and oxygen atoms in total. The molecule has 0 spiro atoms. The maximum atomic E-state index is 11.4. The lowest BCUT2D eigenvalue weighted by atomic mass is 10.2. The highest BCUT2D eigenvalue weighted by Crippen LogP contribution is 2.19. The van der Waals surface area contributed by atoms with Crippen molar-refractivity contribution in [3.05, 3.63) is 24.3 Å². The van der Waals surface area contributed by atoms with Crippen molar-refractivity contribution in [1.82, 2.24) is 5.32 Å². The lowest BCUT2D eigenvalue weighted by molar-refractivity contribution is 0.475. The average molecular weight is 321 g/mol. The predicted octanol–water partition coefficient (Wildman–Crippen LogP) is 1.08. The second-order valence-corrected chi connectivity index (χ2v) is 7.47. The molecule has 0 unspecified atom stereocenters. The van der Waals surface area contributed by atoms with Crippen molar-refractivity contribution in [2.24, 2.45) is 0 Å². The first-order valence-electron chi connectivity index (χ1n) is 5.57. The number of alkyl halides is 1. The van der Waals surface area contributed by atoms with E-state index in [0.717, 1.165) is 0 Å². The highest BCUT2D eigenvalue weighted by molar-refractivity contribution is 7.91. The lowest BCUT2D eigenvalue weighted by Gasteiger charge is -2.17. The monoisotopic (exact) mass is 320 g/mol. The minimum absolute atomic E-state index is 0.0248. The number of hydrogen-bond acceptors (Lipinski definition) is 4. The highest BCUT2D eigenvalue weighted by Gasteiger charge is 2.36. The van der Waals surface area contributed by atoms with Gasteiger partial charge in [-0.3, -0.25) is 0 Å². The largest absolute Gasteiger partial charge is 0.508 e. The minimum atomic E-state index is -3.09. The van der Waals surface area contributed by atoms with Crippen molar-refractivity contribution in [2.75, 3.05) is 16.8 Å². The van der Waals surface area contributed by atoms with Crippen LogP contribution in [0, 0.1) is 0 Å². The Labute approximate surface area is 121 Å². The Balaban J connectivity index is 1.95. The van der Waals surface area contributed by atoms with Gasteiger partial charge in [0, 0.05) is 11.8 Å². The maximum absolute atomic E-state index is 11.4. The average Bonchev–Trinajstić information content (AvgIpc) is 2.51. The summed E-state index contributed by atoms with van der Waals surface area (Å²) in [6.07, 6.45) is 0. The fourth-order valence-electron chi connectivity index (χ4n) is 1.86. The molecule has 1 heterocycles. The van der Waals surface area contributed by atoms with Crippen molar-refractivity contribution >= 4 is 44.5 Å². The van der Waals surface area contributed by atoms with Crippen LogP contribution < -0.4 is 10.6 Å². The summed E-state index contributed by atoms with van der Waals surface area (Å²) in [7, 11) is -3.09. The summed E-state index contributed by atoms with van der Waals surface area (Å²) in [5, 5.41) is 14.8. The minimum Gasteiger partial charge on any atom is -0.508 e. The molecule has 0 aliphatic carbocycles. The SMILES string of the molecule is O=S1(=O)C[C@H](Cl)[C@H](NC(=S)Nc2cccc(O)c2)C1. The molecular weight excluding hydrogens is 308 g/mol. The predicted molar refractivity (Wildman–Crippen MR) is 79.5 cm³/mol. The van der Waals surface area contributed by atoms with Crippen LogP contribution in [0.15, 0.2) is 24.3 Å². The third-order valence-electron chi connectivity index (χ3n) is 2.70. The number of phenolic OH excluding ortho intramolecular Hbond substituents is 1. The van der Waals surface area contributed by atoms with Crippen molar-refractivity contribution < 1.29 is 13.5 Å². The molecular formula is C11H13ClN2O3S2. The molecule has 0 saturated carbocycles. The van der Waals surface area contributed by atoms with Gasteiger partial charge in [-0.2, -0.15) is 0 Å². The molecule has 19 heavy (non-hydrogen) atoms. The Morgan fingerprint density at radius 2 is 2.16 bits per heavy atom. The zero-order valence-electron chi connectivity index (χ0n) is 9.84. The molecule has 2 atom stereocenters. The lowest BCUT2D eigenvalue weighted by Crippen LogP contribution is -2.42. The van der Waals surface area contributed by atoms with Gasteiger partial charge in [-0.25, -0.2) is 8.42 Å². The van der Waals surface area contributed by atoms with E-state index in [0.29, 0.717) is 5.69 Å². The molecule has 2 rings (SSSR count). The summed E-state index contributed by atoms with van der Waals surface area (Å²) < 4.78 is 22.8. The van der Waals surface area contributed by atoms with E-state index in [4.69, 9.17) is 23.8 Å². The van der Waals surface area contributed by atoms with Crippen LogP contribution in [0.25, 0.3) is 0 Å². The van der Waals surface area contributed by atoms with Crippen LogP contribution in [0.5, 0.6) is 5.75 Å². The summed E-state index contributed by atoms with van der Waals surface area (Å²) in [5.41, 5.74) is 0.615. The molecule has 0 aromatic heterocycles. The van der Waals surface area contributed by atoms with Crippen LogP contribution in [-0.4, -0.2) is 41.6 Å². The topological polar surface area (TPSA) is 78.4 Å². The molecule has 104 valence electrons. The molecule has 1 saturated heterocycles. The zero-order valence-corrected chi connectivity index (χ0v) is 12.2. The Morgan fingerprint density at radius 3 is 2.74 bits per heavy atom. The molecule has 8 heteroatoms. The number of phenols is 1. The Bertz CT molecular complexity index is 591. The van der Waals surface area contributed by atoms with E-state index in [1.807, 2.05) is 0 Å². The van der Waals surface area contributed by atoms with Gasteiger partial charge in [0.25, 0.3) is 0 Å². The van der Waals surface area contributed by atoms with Crippen molar-refractivity contribution in [1.29, 1.82) is 0 Å². The number of sulfone groups is 1. The fraction of sp³-hybridized carbons (Fsp3) is 0.364. The van der Waals surface area contributed by atoms with Crippen molar-refractivity contribution in [3.63, 3.8) is 0 Å². The number of hydrogen-bond donors (Lipinski definition) is 3. The van der Waals surface area contributed by atoms with Gasteiger partial charge < -0.3 is 15.7 Å². The summed E-state index contributed by atoms with van der Waals surface area (Å²) in [6.45, 7) is 0. The normalized spacial score (nSPS) is 24.9. The van der Waals surface area contributed by atoms with Gasteiger partial charge in [-0.15, -0.1) is 11.6 Å². The van der Waals surface area contributed by atoms with Gasteiger partial charge in [0.05, 0.1) is 22.9 Å². The third kappa shape index (κ3) is 3.95. The van der Waals surface area contributed by atoms with Crippen LogP contribution in [0.3, 0.4) is 0 Å². The molecule has 1 aromatic rings. The van der Waals surface area contributed by atoms with Gasteiger partial charge in [-0.1, -0.05) is 6.07 Å².